The quantitative estimate of drug-likeness (QED) is 0.835. The number of carbonyl (C=O) groups is 1. The highest BCUT2D eigenvalue weighted by molar-refractivity contribution is 5.88. The summed E-state index contributed by atoms with van der Waals surface area (Å²) >= 11 is 0. The van der Waals surface area contributed by atoms with Gasteiger partial charge in [0.1, 0.15) is 5.56 Å². The Morgan fingerprint density at radius 3 is 2.61 bits per heavy atom. The van der Waals surface area contributed by atoms with E-state index in [2.05, 4.69) is 21.4 Å². The van der Waals surface area contributed by atoms with Crippen molar-refractivity contribution in [3.05, 3.63) is 29.1 Å². The fourth-order valence-corrected chi connectivity index (χ4v) is 4.24. The number of carboxylic acid groups (broad SMARTS) is 1. The number of anilines is 1. The first-order valence-corrected chi connectivity index (χ1v) is 7.43. The van der Waals surface area contributed by atoms with Gasteiger partial charge in [-0.15, -0.1) is 0 Å². The Morgan fingerprint density at radius 2 is 2.04 bits per heavy atom. The van der Waals surface area contributed by atoms with Crippen molar-refractivity contribution in [3.8, 4) is 0 Å². The molecule has 1 heterocycles. The van der Waals surface area contributed by atoms with Crippen LogP contribution in [0.1, 0.15) is 41.7 Å². The summed E-state index contributed by atoms with van der Waals surface area (Å²) in [6.45, 7) is 0. The average Bonchev–Trinajstić information content (AvgIpc) is 2.45. The van der Waals surface area contributed by atoms with Crippen LogP contribution in [0.2, 0.25) is 0 Å². The first-order chi connectivity index (χ1) is 10.8. The molecule has 1 aromatic heterocycles. The molecule has 0 aromatic carbocycles. The maximum Gasteiger partial charge on any atom is 0.434 e. The highest BCUT2D eigenvalue weighted by atomic mass is 19.4. The fraction of sp³-hybridized carbons (Fsp3) is 0.533. The third-order valence-electron chi connectivity index (χ3n) is 5.18. The number of hydrogen-bond donors (Lipinski definition) is 2. The van der Waals surface area contributed by atoms with E-state index in [-0.39, 0.29) is 11.5 Å². The molecular weight excluding hydrogens is 311 g/mol. The molecule has 2 unspecified atom stereocenters. The van der Waals surface area contributed by atoms with Gasteiger partial charge in [0, 0.05) is 11.7 Å². The second-order valence-corrected chi connectivity index (χ2v) is 6.61. The van der Waals surface area contributed by atoms with Gasteiger partial charge in [0.15, 0.2) is 5.69 Å². The van der Waals surface area contributed by atoms with E-state index in [1.807, 2.05) is 0 Å². The first kappa shape index (κ1) is 14.5. The van der Waals surface area contributed by atoms with E-state index in [4.69, 9.17) is 5.11 Å². The molecule has 5 aliphatic carbocycles. The maximum atomic E-state index is 13.0. The summed E-state index contributed by atoms with van der Waals surface area (Å²) in [5.74, 6) is -0.794. The zero-order valence-corrected chi connectivity index (χ0v) is 12.0. The highest BCUT2D eigenvalue weighted by Crippen LogP contribution is 2.59. The van der Waals surface area contributed by atoms with Gasteiger partial charge < -0.3 is 10.4 Å². The molecule has 2 atom stereocenters. The second-order valence-electron chi connectivity index (χ2n) is 6.61. The molecule has 0 amide bonds. The van der Waals surface area contributed by atoms with Crippen LogP contribution < -0.4 is 5.32 Å². The number of nitrogens with one attached hydrogen (secondary N) is 1. The number of carboxylic acids is 1. The average molecular weight is 325 g/mol. The number of nitrogens with zero attached hydrogens (tertiary/aromatic N) is 2. The number of halogens is 3. The lowest BCUT2D eigenvalue weighted by Crippen LogP contribution is -2.55. The van der Waals surface area contributed by atoms with Crippen molar-refractivity contribution in [2.45, 2.75) is 37.4 Å². The van der Waals surface area contributed by atoms with Gasteiger partial charge in [-0.3, -0.25) is 0 Å². The van der Waals surface area contributed by atoms with Gasteiger partial charge in [0.05, 0.1) is 0 Å². The molecule has 8 heteroatoms. The van der Waals surface area contributed by atoms with Gasteiger partial charge in [0.25, 0.3) is 0 Å². The minimum atomic E-state index is -4.83. The number of aromatic nitrogens is 2. The van der Waals surface area contributed by atoms with Crippen LogP contribution in [0.4, 0.5) is 19.1 Å². The van der Waals surface area contributed by atoms with Crippen LogP contribution in [0.3, 0.4) is 0 Å². The molecule has 5 nitrogen and oxygen atoms in total. The monoisotopic (exact) mass is 325 g/mol. The molecule has 2 N–H and O–H groups in total. The number of fused-ring (bicyclic) bond motifs is 1. The number of allylic oxidation sites excluding steroid dienone is 1. The molecular formula is C15H14F3N3O2. The molecule has 0 radical (unpaired) electrons. The highest BCUT2D eigenvalue weighted by Gasteiger charge is 2.53. The van der Waals surface area contributed by atoms with E-state index in [1.54, 1.807) is 0 Å². The lowest BCUT2D eigenvalue weighted by Gasteiger charge is -2.58. The predicted molar refractivity (Wildman–Crippen MR) is 73.9 cm³/mol. The van der Waals surface area contributed by atoms with Crippen molar-refractivity contribution in [2.24, 2.45) is 11.8 Å². The number of rotatable bonds is 3. The Hall–Kier alpha value is -2.12. The van der Waals surface area contributed by atoms with Crippen LogP contribution >= 0.6 is 0 Å². The zero-order chi connectivity index (χ0) is 16.4. The Kier molecular flexibility index (Phi) is 2.80. The molecule has 0 aliphatic heterocycles. The Labute approximate surface area is 129 Å². The topological polar surface area (TPSA) is 75.1 Å². The van der Waals surface area contributed by atoms with Crippen LogP contribution in [0.5, 0.6) is 0 Å². The molecule has 1 aromatic rings. The summed E-state index contributed by atoms with van der Waals surface area (Å²) in [7, 11) is 0. The van der Waals surface area contributed by atoms with Gasteiger partial charge in [-0.25, -0.2) is 14.8 Å². The third kappa shape index (κ3) is 2.19. The first-order valence-electron chi connectivity index (χ1n) is 7.43. The van der Waals surface area contributed by atoms with Crippen molar-refractivity contribution in [2.75, 3.05) is 5.32 Å². The van der Waals surface area contributed by atoms with Gasteiger partial charge in [-0.2, -0.15) is 13.2 Å². The summed E-state index contributed by atoms with van der Waals surface area (Å²) < 4.78 is 39.1. The minimum absolute atomic E-state index is 0.152. The molecule has 0 spiro atoms. The van der Waals surface area contributed by atoms with Crippen LogP contribution in [0.25, 0.3) is 0 Å². The molecule has 23 heavy (non-hydrogen) atoms. The van der Waals surface area contributed by atoms with E-state index in [9.17, 15) is 18.0 Å². The third-order valence-corrected chi connectivity index (χ3v) is 5.18. The summed E-state index contributed by atoms with van der Waals surface area (Å²) in [5, 5.41) is 11.9. The van der Waals surface area contributed by atoms with Crippen molar-refractivity contribution in [1.82, 2.24) is 9.97 Å². The minimum Gasteiger partial charge on any atom is -0.478 e. The number of alkyl halides is 3. The van der Waals surface area contributed by atoms with Crippen LogP contribution in [0.15, 0.2) is 17.8 Å². The van der Waals surface area contributed by atoms with Crippen molar-refractivity contribution >= 4 is 11.9 Å². The largest absolute Gasteiger partial charge is 0.478 e. The zero-order valence-electron chi connectivity index (χ0n) is 12.0. The van der Waals surface area contributed by atoms with Crippen LogP contribution in [-0.4, -0.2) is 26.6 Å². The summed E-state index contributed by atoms with van der Waals surface area (Å²) in [5.41, 5.74) is -1.15. The van der Waals surface area contributed by atoms with Crippen molar-refractivity contribution < 1.29 is 23.1 Å². The summed E-state index contributed by atoms with van der Waals surface area (Å²) in [6.07, 6.45) is 1.73. The van der Waals surface area contributed by atoms with Gasteiger partial charge >= 0.3 is 12.1 Å². The van der Waals surface area contributed by atoms with Gasteiger partial charge in [-0.1, -0.05) is 11.6 Å². The summed E-state index contributed by atoms with van der Waals surface area (Å²) in [6, 6.07) is 0. The summed E-state index contributed by atoms with van der Waals surface area (Å²) in [4.78, 5) is 18.2. The standard InChI is InChI=1S/C15H14F3N3O2/c16-15(17,18)11-10(12(22)23)6-19-13(20-11)21-14-2-1-9-7(4-14)3-8(9)5-14/h1,6-8H,2-5H2,(H,22,23)(H,19,20,21). The molecule has 3 saturated carbocycles. The number of hydrogen-bond acceptors (Lipinski definition) is 4. The van der Waals surface area contributed by atoms with E-state index in [1.165, 1.54) is 5.57 Å². The lowest BCUT2D eigenvalue weighted by atomic mass is 9.51. The molecule has 122 valence electrons. The van der Waals surface area contributed by atoms with Gasteiger partial charge in [0.2, 0.25) is 5.95 Å². The second kappa shape index (κ2) is 4.46. The van der Waals surface area contributed by atoms with E-state index in [0.29, 0.717) is 11.8 Å². The van der Waals surface area contributed by atoms with Crippen molar-refractivity contribution in [3.63, 3.8) is 0 Å². The van der Waals surface area contributed by atoms with Gasteiger partial charge in [-0.05, 0) is 37.5 Å². The van der Waals surface area contributed by atoms with E-state index >= 15 is 0 Å². The molecule has 4 bridgehead atoms. The van der Waals surface area contributed by atoms with E-state index < -0.39 is 23.4 Å². The SMILES string of the molecule is O=C(O)c1cnc(NC23CC=C4C(CC4C2)C3)nc1C(F)(F)F. The Morgan fingerprint density at radius 1 is 1.35 bits per heavy atom. The predicted octanol–water partition coefficient (Wildman–Crippen LogP) is 3.10. The normalized spacial score (nSPS) is 31.3. The smallest absolute Gasteiger partial charge is 0.434 e. The Balaban J connectivity index is 1.65. The van der Waals surface area contributed by atoms with Crippen LogP contribution in [0, 0.1) is 11.8 Å². The van der Waals surface area contributed by atoms with Crippen molar-refractivity contribution in [1.29, 1.82) is 0 Å². The molecule has 5 aliphatic rings. The Bertz CT molecular complexity index is 715. The number of aromatic carboxylic acids is 1. The van der Waals surface area contributed by atoms with Crippen LogP contribution in [-0.2, 0) is 6.18 Å². The fourth-order valence-electron chi connectivity index (χ4n) is 4.24. The molecule has 6 rings (SSSR count). The molecule has 3 fully saturated rings. The van der Waals surface area contributed by atoms with E-state index in [0.717, 1.165) is 31.9 Å². The lowest BCUT2D eigenvalue weighted by molar-refractivity contribution is -0.141. The molecule has 0 saturated heterocycles. The maximum absolute atomic E-state index is 13.0.